The summed E-state index contributed by atoms with van der Waals surface area (Å²) in [6.45, 7) is 1.83. The lowest BCUT2D eigenvalue weighted by atomic mass is 10.2. The third kappa shape index (κ3) is 6.52. The third-order valence-electron chi connectivity index (χ3n) is 5.67. The van der Waals surface area contributed by atoms with Crippen LogP contribution in [0.3, 0.4) is 0 Å². The molecule has 0 spiro atoms. The summed E-state index contributed by atoms with van der Waals surface area (Å²) in [5, 5.41) is 15.5. The first-order chi connectivity index (χ1) is 18.5. The Bertz CT molecular complexity index is 1510. The lowest BCUT2D eigenvalue weighted by Crippen LogP contribution is -2.27. The molecule has 202 valence electrons. The van der Waals surface area contributed by atoms with Crippen molar-refractivity contribution in [2.45, 2.75) is 31.9 Å². The van der Waals surface area contributed by atoms with Crippen molar-refractivity contribution in [1.82, 2.24) is 25.1 Å². The van der Waals surface area contributed by atoms with Crippen molar-refractivity contribution in [2.75, 3.05) is 20.3 Å². The number of pyridine rings is 1. The Morgan fingerprint density at radius 3 is 2.56 bits per heavy atom. The minimum Gasteiger partial charge on any atom is -0.323 e. The van der Waals surface area contributed by atoms with Crippen LogP contribution in [-0.4, -0.2) is 31.2 Å². The van der Waals surface area contributed by atoms with Crippen molar-refractivity contribution in [3.8, 4) is 0 Å². The number of nitrogens with one attached hydrogen (secondary N) is 4. The molecule has 2 amide bonds. The average Bonchev–Trinajstić information content (AvgIpc) is 3.63. The van der Waals surface area contributed by atoms with Crippen LogP contribution >= 0.6 is 24.4 Å². The Hall–Kier alpha value is -4.04. The Labute approximate surface area is 231 Å². The van der Waals surface area contributed by atoms with Gasteiger partial charge >= 0.3 is 12.2 Å². The lowest BCUT2D eigenvalue weighted by molar-refractivity contribution is -0.137. The average molecular weight is 576 g/mol. The number of halogens is 4. The largest absolute Gasteiger partial charge is 0.417 e. The predicted molar refractivity (Wildman–Crippen MR) is 145 cm³/mol. The summed E-state index contributed by atoms with van der Waals surface area (Å²) in [5.41, 5.74) is 1.15. The molecule has 0 radical (unpaired) electrons. The quantitative estimate of drug-likeness (QED) is 0.153. The van der Waals surface area contributed by atoms with Crippen LogP contribution in [0.5, 0.6) is 0 Å². The molecule has 1 saturated carbocycles. The van der Waals surface area contributed by atoms with Gasteiger partial charge < -0.3 is 10.6 Å². The number of H-pyrrole nitrogens is 1. The van der Waals surface area contributed by atoms with Gasteiger partial charge in [0.05, 0.1) is 28.2 Å². The van der Waals surface area contributed by atoms with Crippen LogP contribution in [0.2, 0.25) is 5.02 Å². The van der Waals surface area contributed by atoms with Crippen LogP contribution in [0.4, 0.5) is 52.7 Å². The number of amides is 2. The van der Waals surface area contributed by atoms with Gasteiger partial charge in [-0.15, -0.1) is 0 Å². The molecule has 39 heavy (non-hydrogen) atoms. The number of anilines is 6. The number of thiol groups is 1. The molecule has 0 aliphatic heterocycles. The first kappa shape index (κ1) is 26.6. The first-order valence-corrected chi connectivity index (χ1v) is 12.4. The van der Waals surface area contributed by atoms with Crippen molar-refractivity contribution in [2.24, 2.45) is 0 Å². The highest BCUT2D eigenvalue weighted by molar-refractivity contribution is 7.82. The van der Waals surface area contributed by atoms with Crippen molar-refractivity contribution in [3.63, 3.8) is 0 Å². The highest BCUT2D eigenvalue weighted by atomic mass is 35.5. The number of urea groups is 1. The summed E-state index contributed by atoms with van der Waals surface area (Å²) in [7, 11) is 0. The van der Waals surface area contributed by atoms with Gasteiger partial charge in [-0.2, -0.15) is 23.3 Å². The van der Waals surface area contributed by atoms with E-state index in [1.807, 2.05) is 13.0 Å². The summed E-state index contributed by atoms with van der Waals surface area (Å²) in [6, 6.07) is 9.09. The van der Waals surface area contributed by atoms with Gasteiger partial charge in [-0.3, -0.25) is 10.4 Å². The van der Waals surface area contributed by atoms with Gasteiger partial charge in [-0.1, -0.05) is 24.4 Å². The van der Waals surface area contributed by atoms with E-state index in [0.717, 1.165) is 40.7 Å². The van der Waals surface area contributed by atoms with Crippen LogP contribution in [0.15, 0.2) is 48.7 Å². The molecule has 1 aromatic carbocycles. The number of hydrogen-bond acceptors (Lipinski definition) is 8. The first-order valence-electron chi connectivity index (χ1n) is 11.6. The van der Waals surface area contributed by atoms with E-state index in [-0.39, 0.29) is 11.5 Å². The number of nitrogens with zero attached hydrogens (tertiary/aromatic N) is 5. The second-order valence-electron chi connectivity index (χ2n) is 8.79. The molecule has 5 rings (SSSR count). The van der Waals surface area contributed by atoms with E-state index in [9.17, 15) is 18.0 Å². The van der Waals surface area contributed by atoms with Gasteiger partial charge in [0.1, 0.15) is 11.6 Å². The van der Waals surface area contributed by atoms with Crippen LogP contribution in [0.25, 0.3) is 0 Å². The van der Waals surface area contributed by atoms with E-state index in [1.54, 1.807) is 12.1 Å². The van der Waals surface area contributed by atoms with Gasteiger partial charge in [-0.25, -0.2) is 19.1 Å². The molecule has 10 nitrogen and oxygen atoms in total. The van der Waals surface area contributed by atoms with Crippen LogP contribution < -0.4 is 20.3 Å². The van der Waals surface area contributed by atoms with Crippen molar-refractivity contribution >= 4 is 65.2 Å². The topological polar surface area (TPSA) is 124 Å². The Morgan fingerprint density at radius 1 is 1.08 bits per heavy atom. The summed E-state index contributed by atoms with van der Waals surface area (Å²) in [6.07, 6.45) is -0.913. The Balaban J connectivity index is 1.22. The molecule has 15 heteroatoms. The standard InChI is InChI=1S/C24H21ClF3N9OS/c1-12-8-20(32-21-10-18(35-36-21)13-2-3-13)33-22(30-12)31-14-4-7-19(29-11-14)34-23(38)37(39)15-5-6-17(25)16(9-15)24(26,27)28/h4-11,13,39H,2-3H2,1H3,(H,29,34,38)(H3,30,31,32,33,35,36). The fraction of sp³-hybridized carbons (Fsp3) is 0.208. The SMILES string of the molecule is Cc1cc(Nc2cc(C3CC3)[nH]n2)nc(Nc2ccc(NC(=O)N(S)c3ccc(Cl)c(C(F)(F)F)c3)nc2)n1. The third-order valence-corrected chi connectivity index (χ3v) is 6.41. The summed E-state index contributed by atoms with van der Waals surface area (Å²) < 4.78 is 40.2. The monoisotopic (exact) mass is 575 g/mol. The zero-order chi connectivity index (χ0) is 27.7. The van der Waals surface area contributed by atoms with Gasteiger partial charge in [0.15, 0.2) is 5.82 Å². The number of carbonyl (C=O) groups excluding carboxylic acids is 1. The summed E-state index contributed by atoms with van der Waals surface area (Å²) in [5.74, 6) is 2.23. The maximum Gasteiger partial charge on any atom is 0.417 e. The van der Waals surface area contributed by atoms with Crippen LogP contribution in [0, 0.1) is 6.92 Å². The zero-order valence-electron chi connectivity index (χ0n) is 20.2. The number of benzene rings is 1. The molecule has 0 saturated heterocycles. The van der Waals surface area contributed by atoms with Gasteiger partial charge in [0.25, 0.3) is 0 Å². The number of aromatic nitrogens is 5. The smallest absolute Gasteiger partial charge is 0.323 e. The van der Waals surface area contributed by atoms with E-state index >= 15 is 0 Å². The van der Waals surface area contributed by atoms with Crippen LogP contribution in [0.1, 0.15) is 35.7 Å². The summed E-state index contributed by atoms with van der Waals surface area (Å²) in [4.78, 5) is 25.5. The maximum absolute atomic E-state index is 13.1. The molecule has 1 fully saturated rings. The van der Waals surface area contributed by atoms with E-state index in [4.69, 9.17) is 11.6 Å². The van der Waals surface area contributed by atoms with Gasteiger partial charge in [0.2, 0.25) is 5.95 Å². The van der Waals surface area contributed by atoms with E-state index in [0.29, 0.717) is 29.2 Å². The molecular weight excluding hydrogens is 555 g/mol. The van der Waals surface area contributed by atoms with E-state index in [1.165, 1.54) is 18.3 Å². The second-order valence-corrected chi connectivity index (χ2v) is 9.59. The molecule has 0 bridgehead atoms. The molecule has 0 atom stereocenters. The molecule has 1 aliphatic carbocycles. The fourth-order valence-corrected chi connectivity index (χ4v) is 4.04. The Kier molecular flexibility index (Phi) is 7.23. The zero-order valence-corrected chi connectivity index (χ0v) is 21.9. The number of alkyl halides is 3. The Morgan fingerprint density at radius 2 is 1.87 bits per heavy atom. The second kappa shape index (κ2) is 10.6. The molecule has 3 aromatic heterocycles. The van der Waals surface area contributed by atoms with Gasteiger partial charge in [0, 0.05) is 29.4 Å². The highest BCUT2D eigenvalue weighted by Gasteiger charge is 2.34. The van der Waals surface area contributed by atoms with E-state index < -0.39 is 22.8 Å². The fourth-order valence-electron chi connectivity index (χ4n) is 3.64. The van der Waals surface area contributed by atoms with Crippen molar-refractivity contribution in [1.29, 1.82) is 0 Å². The number of hydrogen-bond donors (Lipinski definition) is 5. The molecular formula is C24H21ClF3N9OS. The van der Waals surface area contributed by atoms with Crippen molar-refractivity contribution < 1.29 is 18.0 Å². The molecule has 0 unspecified atom stereocenters. The number of rotatable bonds is 7. The predicted octanol–water partition coefficient (Wildman–Crippen LogP) is 6.82. The minimum absolute atomic E-state index is 0.120. The normalized spacial score (nSPS) is 13.2. The van der Waals surface area contributed by atoms with E-state index in [2.05, 4.69) is 53.9 Å². The van der Waals surface area contributed by atoms with Gasteiger partial charge in [-0.05, 0) is 50.1 Å². The molecule has 4 N–H and O–H groups in total. The highest BCUT2D eigenvalue weighted by Crippen LogP contribution is 2.40. The minimum atomic E-state index is -4.68. The number of aromatic amines is 1. The van der Waals surface area contributed by atoms with Crippen LogP contribution in [-0.2, 0) is 6.18 Å². The number of aryl methyl sites for hydroxylation is 1. The van der Waals surface area contributed by atoms with Crippen molar-refractivity contribution in [3.05, 3.63) is 70.6 Å². The molecule has 3 heterocycles. The maximum atomic E-state index is 13.1. The summed E-state index contributed by atoms with van der Waals surface area (Å²) >= 11 is 9.66. The lowest BCUT2D eigenvalue weighted by Gasteiger charge is -2.18. The number of carbonyl (C=O) groups is 1. The molecule has 1 aliphatic rings. The molecule has 4 aromatic rings.